The second-order valence-electron chi connectivity index (χ2n) is 4.15. The van der Waals surface area contributed by atoms with Crippen LogP contribution < -0.4 is 5.32 Å². The van der Waals surface area contributed by atoms with Gasteiger partial charge in [0.05, 0.1) is 5.69 Å². The van der Waals surface area contributed by atoms with E-state index in [0.29, 0.717) is 12.2 Å². The molecule has 0 spiro atoms. The summed E-state index contributed by atoms with van der Waals surface area (Å²) in [4.78, 5) is 0. The van der Waals surface area contributed by atoms with E-state index < -0.39 is 11.6 Å². The minimum atomic E-state index is -0.485. The first kappa shape index (κ1) is 10.4. The summed E-state index contributed by atoms with van der Waals surface area (Å²) in [6.07, 6.45) is 1.79. The fraction of sp³-hybridized carbons (Fsp3) is 0.500. The third-order valence-corrected chi connectivity index (χ3v) is 3.58. The standard InChI is InChI=1S/C12H15F2N/c1-3-12(4-2)7-15-11-9(12)5-8(13)6-10(11)14/h5-6,15H,3-4,7H2,1-2H3. The van der Waals surface area contributed by atoms with Crippen molar-refractivity contribution in [3.05, 3.63) is 29.3 Å². The van der Waals surface area contributed by atoms with Crippen molar-refractivity contribution in [2.75, 3.05) is 11.9 Å². The molecule has 0 radical (unpaired) electrons. The molecule has 1 heterocycles. The highest BCUT2D eigenvalue weighted by Crippen LogP contribution is 2.43. The molecule has 0 unspecified atom stereocenters. The second-order valence-corrected chi connectivity index (χ2v) is 4.15. The van der Waals surface area contributed by atoms with E-state index in [1.54, 1.807) is 0 Å². The maximum atomic E-state index is 13.5. The summed E-state index contributed by atoms with van der Waals surface area (Å²) in [5, 5.41) is 3.05. The van der Waals surface area contributed by atoms with E-state index in [1.165, 1.54) is 6.07 Å². The summed E-state index contributed by atoms with van der Waals surface area (Å²) >= 11 is 0. The Bertz CT molecular complexity index is 383. The van der Waals surface area contributed by atoms with Gasteiger partial charge in [-0.05, 0) is 24.5 Å². The van der Waals surface area contributed by atoms with Crippen LogP contribution in [0.1, 0.15) is 32.3 Å². The number of rotatable bonds is 2. The van der Waals surface area contributed by atoms with Crippen molar-refractivity contribution in [3.8, 4) is 0 Å². The highest BCUT2D eigenvalue weighted by Gasteiger charge is 2.37. The van der Waals surface area contributed by atoms with Gasteiger partial charge in [0.25, 0.3) is 0 Å². The number of anilines is 1. The van der Waals surface area contributed by atoms with Crippen molar-refractivity contribution < 1.29 is 8.78 Å². The molecule has 82 valence electrons. The van der Waals surface area contributed by atoms with Crippen molar-refractivity contribution in [1.82, 2.24) is 0 Å². The van der Waals surface area contributed by atoms with Crippen LogP contribution in [0.15, 0.2) is 12.1 Å². The van der Waals surface area contributed by atoms with Crippen LogP contribution in [0.5, 0.6) is 0 Å². The summed E-state index contributed by atoms with van der Waals surface area (Å²) < 4.78 is 26.6. The summed E-state index contributed by atoms with van der Waals surface area (Å²) in [6.45, 7) is 4.82. The Hall–Kier alpha value is -1.12. The van der Waals surface area contributed by atoms with E-state index in [9.17, 15) is 8.78 Å². The molecule has 1 nitrogen and oxygen atoms in total. The molecule has 3 heteroatoms. The van der Waals surface area contributed by atoms with Gasteiger partial charge in [-0.2, -0.15) is 0 Å². The molecular weight excluding hydrogens is 196 g/mol. The number of benzene rings is 1. The Morgan fingerprint density at radius 2 is 1.93 bits per heavy atom. The lowest BCUT2D eigenvalue weighted by Crippen LogP contribution is -2.26. The van der Waals surface area contributed by atoms with Crippen LogP contribution in [-0.4, -0.2) is 6.54 Å². The van der Waals surface area contributed by atoms with Gasteiger partial charge in [0, 0.05) is 18.0 Å². The smallest absolute Gasteiger partial charge is 0.149 e. The molecule has 0 aliphatic carbocycles. The van der Waals surface area contributed by atoms with E-state index in [0.717, 1.165) is 24.5 Å². The molecule has 2 rings (SSSR count). The van der Waals surface area contributed by atoms with Gasteiger partial charge in [0.15, 0.2) is 0 Å². The van der Waals surface area contributed by atoms with Crippen LogP contribution in [0.25, 0.3) is 0 Å². The molecule has 0 saturated carbocycles. The minimum Gasteiger partial charge on any atom is -0.382 e. The van der Waals surface area contributed by atoms with Crippen molar-refractivity contribution in [3.63, 3.8) is 0 Å². The lowest BCUT2D eigenvalue weighted by atomic mass is 9.77. The lowest BCUT2D eigenvalue weighted by molar-refractivity contribution is 0.434. The van der Waals surface area contributed by atoms with Crippen molar-refractivity contribution in [1.29, 1.82) is 0 Å². The molecule has 0 amide bonds. The summed E-state index contributed by atoms with van der Waals surface area (Å²) in [5.74, 6) is -0.963. The van der Waals surface area contributed by atoms with Crippen LogP contribution in [-0.2, 0) is 5.41 Å². The van der Waals surface area contributed by atoms with Crippen LogP contribution in [0.4, 0.5) is 14.5 Å². The van der Waals surface area contributed by atoms with Gasteiger partial charge in [0.1, 0.15) is 11.6 Å². The van der Waals surface area contributed by atoms with Crippen molar-refractivity contribution in [2.45, 2.75) is 32.1 Å². The Labute approximate surface area is 88.5 Å². The lowest BCUT2D eigenvalue weighted by Gasteiger charge is -2.26. The molecule has 1 aromatic rings. The largest absolute Gasteiger partial charge is 0.382 e. The fourth-order valence-corrected chi connectivity index (χ4v) is 2.41. The summed E-state index contributed by atoms with van der Waals surface area (Å²) in [7, 11) is 0. The van der Waals surface area contributed by atoms with Crippen LogP contribution in [0.2, 0.25) is 0 Å². The van der Waals surface area contributed by atoms with Gasteiger partial charge in [-0.25, -0.2) is 8.78 Å². The van der Waals surface area contributed by atoms with E-state index in [4.69, 9.17) is 0 Å². The third kappa shape index (κ3) is 1.41. The molecule has 1 N–H and O–H groups in total. The van der Waals surface area contributed by atoms with E-state index >= 15 is 0 Å². The molecule has 0 bridgehead atoms. The highest BCUT2D eigenvalue weighted by molar-refractivity contribution is 5.61. The van der Waals surface area contributed by atoms with Gasteiger partial charge < -0.3 is 5.32 Å². The average molecular weight is 211 g/mol. The number of hydrogen-bond donors (Lipinski definition) is 1. The first-order chi connectivity index (χ1) is 7.13. The monoisotopic (exact) mass is 211 g/mol. The Morgan fingerprint density at radius 1 is 1.27 bits per heavy atom. The van der Waals surface area contributed by atoms with E-state index in [1.807, 2.05) is 0 Å². The first-order valence-corrected chi connectivity index (χ1v) is 5.36. The second kappa shape index (κ2) is 3.47. The zero-order chi connectivity index (χ0) is 11.1. The van der Waals surface area contributed by atoms with Gasteiger partial charge in [0.2, 0.25) is 0 Å². The van der Waals surface area contributed by atoms with E-state index in [2.05, 4.69) is 19.2 Å². The first-order valence-electron chi connectivity index (χ1n) is 5.36. The predicted octanol–water partition coefficient (Wildman–Crippen LogP) is 3.45. The quantitative estimate of drug-likeness (QED) is 0.790. The summed E-state index contributed by atoms with van der Waals surface area (Å²) in [5.41, 5.74) is 1.18. The van der Waals surface area contributed by atoms with Crippen LogP contribution >= 0.6 is 0 Å². The van der Waals surface area contributed by atoms with Crippen LogP contribution in [0.3, 0.4) is 0 Å². The van der Waals surface area contributed by atoms with Crippen molar-refractivity contribution in [2.24, 2.45) is 0 Å². The third-order valence-electron chi connectivity index (χ3n) is 3.58. The molecule has 0 aromatic heterocycles. The predicted molar refractivity (Wildman–Crippen MR) is 57.1 cm³/mol. The molecule has 0 saturated heterocycles. The zero-order valence-corrected chi connectivity index (χ0v) is 9.03. The molecule has 1 aliphatic rings. The maximum Gasteiger partial charge on any atom is 0.149 e. The van der Waals surface area contributed by atoms with Gasteiger partial charge in [-0.1, -0.05) is 13.8 Å². The molecule has 1 aromatic carbocycles. The topological polar surface area (TPSA) is 12.0 Å². The number of fused-ring (bicyclic) bond motifs is 1. The number of hydrogen-bond acceptors (Lipinski definition) is 1. The Morgan fingerprint density at radius 3 is 2.53 bits per heavy atom. The van der Waals surface area contributed by atoms with Crippen LogP contribution in [0, 0.1) is 11.6 Å². The van der Waals surface area contributed by atoms with Gasteiger partial charge in [-0.15, -0.1) is 0 Å². The molecule has 15 heavy (non-hydrogen) atoms. The zero-order valence-electron chi connectivity index (χ0n) is 9.03. The van der Waals surface area contributed by atoms with Crippen molar-refractivity contribution >= 4 is 5.69 Å². The molecule has 0 fully saturated rings. The molecular formula is C12H15F2N. The highest BCUT2D eigenvalue weighted by atomic mass is 19.1. The Kier molecular flexibility index (Phi) is 2.41. The fourth-order valence-electron chi connectivity index (χ4n) is 2.41. The Balaban J connectivity index is 2.59. The van der Waals surface area contributed by atoms with E-state index in [-0.39, 0.29) is 5.41 Å². The average Bonchev–Trinajstić information content (AvgIpc) is 2.57. The SMILES string of the molecule is CCC1(CC)CNc2c(F)cc(F)cc21. The number of halogens is 2. The number of nitrogens with one attached hydrogen (secondary N) is 1. The maximum absolute atomic E-state index is 13.5. The molecule has 1 aliphatic heterocycles. The normalized spacial score (nSPS) is 17.3. The van der Waals surface area contributed by atoms with Gasteiger partial charge in [-0.3, -0.25) is 0 Å². The summed E-state index contributed by atoms with van der Waals surface area (Å²) in [6, 6.07) is 2.40. The minimum absolute atomic E-state index is 0.0989. The van der Waals surface area contributed by atoms with Gasteiger partial charge >= 0.3 is 0 Å². The molecule has 0 atom stereocenters.